The topological polar surface area (TPSA) is 21.3 Å². The highest BCUT2D eigenvalue weighted by molar-refractivity contribution is 6.42. The molecule has 2 rings (SSSR count). The van der Waals surface area contributed by atoms with E-state index in [-0.39, 0.29) is 0 Å². The lowest BCUT2D eigenvalue weighted by Gasteiger charge is -2.43. The van der Waals surface area contributed by atoms with Crippen LogP contribution in [0, 0.1) is 0 Å². The highest BCUT2D eigenvalue weighted by atomic mass is 35.5. The van der Waals surface area contributed by atoms with Crippen molar-refractivity contribution in [3.8, 4) is 0 Å². The monoisotopic (exact) mass is 329 g/mol. The van der Waals surface area contributed by atoms with Gasteiger partial charge in [0.25, 0.3) is 0 Å². The zero-order valence-corrected chi connectivity index (χ0v) is 14.3. The molecule has 1 aliphatic carbocycles. The summed E-state index contributed by atoms with van der Waals surface area (Å²) in [6, 6.07) is 6.14. The Balaban J connectivity index is 1.80. The number of benzene rings is 1. The van der Waals surface area contributed by atoms with E-state index in [4.69, 9.17) is 27.9 Å². The van der Waals surface area contributed by atoms with Crippen molar-refractivity contribution < 1.29 is 4.74 Å². The highest BCUT2D eigenvalue weighted by Crippen LogP contribution is 2.48. The second-order valence-electron chi connectivity index (χ2n) is 5.81. The number of rotatable bonds is 9. The molecule has 0 radical (unpaired) electrons. The molecule has 0 bridgehead atoms. The van der Waals surface area contributed by atoms with Gasteiger partial charge >= 0.3 is 0 Å². The Labute approximate surface area is 138 Å². The number of hydrogen-bond donors (Lipinski definition) is 1. The molecule has 0 spiro atoms. The summed E-state index contributed by atoms with van der Waals surface area (Å²) in [5, 5.41) is 4.76. The lowest BCUT2D eigenvalue weighted by molar-refractivity contribution is 0.148. The average molecular weight is 330 g/mol. The van der Waals surface area contributed by atoms with Crippen molar-refractivity contribution in [1.82, 2.24) is 5.32 Å². The van der Waals surface area contributed by atoms with Crippen LogP contribution in [0.3, 0.4) is 0 Å². The molecule has 1 saturated carbocycles. The van der Waals surface area contributed by atoms with Crippen molar-refractivity contribution in [2.24, 2.45) is 0 Å². The van der Waals surface area contributed by atoms with Crippen LogP contribution < -0.4 is 5.32 Å². The Hall–Kier alpha value is -0.280. The summed E-state index contributed by atoms with van der Waals surface area (Å²) in [5.41, 5.74) is 1.69. The smallest absolute Gasteiger partial charge is 0.0595 e. The van der Waals surface area contributed by atoms with Crippen LogP contribution >= 0.6 is 23.2 Å². The zero-order chi connectivity index (χ0) is 15.1. The molecule has 118 valence electrons. The molecular formula is C17H25Cl2NO. The summed E-state index contributed by atoms with van der Waals surface area (Å²) in [5.74, 6) is 0. The minimum absolute atomic E-state index is 0.329. The largest absolute Gasteiger partial charge is 0.380 e. The summed E-state index contributed by atoms with van der Waals surface area (Å²) in [7, 11) is 0. The van der Waals surface area contributed by atoms with Crippen molar-refractivity contribution in [3.63, 3.8) is 0 Å². The molecule has 0 aromatic heterocycles. The van der Waals surface area contributed by atoms with Gasteiger partial charge in [0, 0.05) is 13.2 Å². The molecule has 1 aliphatic rings. The van der Waals surface area contributed by atoms with E-state index < -0.39 is 0 Å². The van der Waals surface area contributed by atoms with Gasteiger partial charge in [-0.15, -0.1) is 0 Å². The fourth-order valence-corrected chi connectivity index (χ4v) is 3.38. The number of nitrogens with one attached hydrogen (secondary N) is 1. The maximum atomic E-state index is 6.18. The third-order valence-corrected chi connectivity index (χ3v) is 5.22. The van der Waals surface area contributed by atoms with E-state index in [9.17, 15) is 0 Å². The van der Waals surface area contributed by atoms with Crippen LogP contribution in [-0.4, -0.2) is 26.3 Å². The first-order chi connectivity index (χ1) is 10.2. The number of hydrogen-bond acceptors (Lipinski definition) is 2. The van der Waals surface area contributed by atoms with E-state index in [0.29, 0.717) is 15.5 Å². The average Bonchev–Trinajstić information content (AvgIpc) is 2.43. The predicted octanol–water partition coefficient (Wildman–Crippen LogP) is 4.82. The van der Waals surface area contributed by atoms with Crippen molar-refractivity contribution in [2.75, 3.05) is 26.3 Å². The fourth-order valence-electron chi connectivity index (χ4n) is 3.08. The van der Waals surface area contributed by atoms with E-state index in [1.165, 1.54) is 37.7 Å². The Bertz CT molecular complexity index is 446. The molecule has 0 aliphatic heterocycles. The van der Waals surface area contributed by atoms with Crippen LogP contribution in [-0.2, 0) is 10.2 Å². The summed E-state index contributed by atoms with van der Waals surface area (Å²) in [6.07, 6.45) is 6.25. The molecule has 21 heavy (non-hydrogen) atoms. The van der Waals surface area contributed by atoms with E-state index in [1.54, 1.807) is 0 Å². The first kappa shape index (κ1) is 17.1. The Kier molecular flexibility index (Phi) is 6.81. The Morgan fingerprint density at radius 2 is 2.00 bits per heavy atom. The van der Waals surface area contributed by atoms with Crippen LogP contribution in [0.5, 0.6) is 0 Å². The molecule has 0 heterocycles. The lowest BCUT2D eigenvalue weighted by atomic mass is 9.62. The standard InChI is InChI=1S/C17H25Cl2NO/c1-2-21-12-11-20-10-4-9-17(7-3-8-17)14-5-6-15(18)16(19)13-14/h5-6,13,20H,2-4,7-12H2,1H3. The maximum absolute atomic E-state index is 6.18. The Morgan fingerprint density at radius 1 is 1.19 bits per heavy atom. The first-order valence-electron chi connectivity index (χ1n) is 7.92. The third-order valence-electron chi connectivity index (χ3n) is 4.48. The quantitative estimate of drug-likeness (QED) is 0.655. The summed E-state index contributed by atoms with van der Waals surface area (Å²) in [6.45, 7) is 5.61. The van der Waals surface area contributed by atoms with Gasteiger partial charge in [-0.3, -0.25) is 0 Å². The van der Waals surface area contributed by atoms with Gasteiger partial charge in [-0.05, 0) is 62.3 Å². The van der Waals surface area contributed by atoms with Crippen molar-refractivity contribution in [1.29, 1.82) is 0 Å². The zero-order valence-electron chi connectivity index (χ0n) is 12.8. The van der Waals surface area contributed by atoms with E-state index >= 15 is 0 Å². The lowest BCUT2D eigenvalue weighted by Crippen LogP contribution is -2.35. The van der Waals surface area contributed by atoms with Gasteiger partial charge in [0.05, 0.1) is 16.7 Å². The van der Waals surface area contributed by atoms with Gasteiger partial charge in [0.1, 0.15) is 0 Å². The van der Waals surface area contributed by atoms with Crippen LogP contribution in [0.15, 0.2) is 18.2 Å². The second kappa shape index (κ2) is 8.38. The van der Waals surface area contributed by atoms with E-state index in [1.807, 2.05) is 13.0 Å². The molecule has 0 saturated heterocycles. The normalized spacial score (nSPS) is 16.7. The van der Waals surface area contributed by atoms with Gasteiger partial charge in [-0.1, -0.05) is 35.7 Å². The van der Waals surface area contributed by atoms with Gasteiger partial charge in [0.15, 0.2) is 0 Å². The molecule has 1 fully saturated rings. The van der Waals surface area contributed by atoms with Gasteiger partial charge in [0.2, 0.25) is 0 Å². The third kappa shape index (κ3) is 4.59. The van der Waals surface area contributed by atoms with Crippen molar-refractivity contribution >= 4 is 23.2 Å². The van der Waals surface area contributed by atoms with Gasteiger partial charge < -0.3 is 10.1 Å². The SMILES string of the molecule is CCOCCNCCCC1(c2ccc(Cl)c(Cl)c2)CCC1. The molecule has 1 N–H and O–H groups in total. The number of ether oxygens (including phenoxy) is 1. The molecule has 0 unspecified atom stereocenters. The van der Waals surface area contributed by atoms with Crippen LogP contribution in [0.25, 0.3) is 0 Å². The maximum Gasteiger partial charge on any atom is 0.0595 e. The van der Waals surface area contributed by atoms with Crippen LogP contribution in [0.2, 0.25) is 10.0 Å². The molecular weight excluding hydrogens is 305 g/mol. The first-order valence-corrected chi connectivity index (χ1v) is 8.67. The molecule has 1 aromatic rings. The summed E-state index contributed by atoms with van der Waals surface area (Å²) < 4.78 is 5.32. The number of halogens is 2. The van der Waals surface area contributed by atoms with Gasteiger partial charge in [-0.25, -0.2) is 0 Å². The van der Waals surface area contributed by atoms with Crippen molar-refractivity contribution in [2.45, 2.75) is 44.4 Å². The van der Waals surface area contributed by atoms with Crippen LogP contribution in [0.4, 0.5) is 0 Å². The molecule has 0 atom stereocenters. The second-order valence-corrected chi connectivity index (χ2v) is 6.63. The molecule has 1 aromatic carbocycles. The molecule has 4 heteroatoms. The van der Waals surface area contributed by atoms with E-state index in [0.717, 1.165) is 26.3 Å². The summed E-state index contributed by atoms with van der Waals surface area (Å²) >= 11 is 12.2. The molecule has 0 amide bonds. The van der Waals surface area contributed by atoms with Crippen molar-refractivity contribution in [3.05, 3.63) is 33.8 Å². The highest BCUT2D eigenvalue weighted by Gasteiger charge is 2.38. The van der Waals surface area contributed by atoms with E-state index in [2.05, 4.69) is 17.4 Å². The fraction of sp³-hybridized carbons (Fsp3) is 0.647. The minimum Gasteiger partial charge on any atom is -0.380 e. The van der Waals surface area contributed by atoms with Crippen LogP contribution in [0.1, 0.15) is 44.6 Å². The van der Waals surface area contributed by atoms with Gasteiger partial charge in [-0.2, -0.15) is 0 Å². The predicted molar refractivity (Wildman–Crippen MR) is 90.6 cm³/mol. The molecule has 2 nitrogen and oxygen atoms in total. The summed E-state index contributed by atoms with van der Waals surface area (Å²) in [4.78, 5) is 0. The Morgan fingerprint density at radius 3 is 2.62 bits per heavy atom. The minimum atomic E-state index is 0.329.